The Morgan fingerprint density at radius 1 is 1.67 bits per heavy atom. The lowest BCUT2D eigenvalue weighted by atomic mass is 10.1. The summed E-state index contributed by atoms with van der Waals surface area (Å²) in [6.07, 6.45) is 1.19. The van der Waals surface area contributed by atoms with E-state index in [1.807, 2.05) is 6.92 Å². The molecular weight excluding hydrogens is 218 g/mol. The highest BCUT2D eigenvalue weighted by Crippen LogP contribution is 2.10. The normalized spacial score (nSPS) is 12.9. The van der Waals surface area contributed by atoms with Crippen LogP contribution in [0.25, 0.3) is 0 Å². The lowest BCUT2D eigenvalue weighted by molar-refractivity contribution is 0.544. The summed E-state index contributed by atoms with van der Waals surface area (Å²) < 4.78 is 0.658. The third-order valence-corrected chi connectivity index (χ3v) is 2.09. The molecule has 0 fully saturated rings. The van der Waals surface area contributed by atoms with Crippen molar-refractivity contribution >= 4 is 22.1 Å². The smallest absolute Gasteiger partial charge is 0.119 e. The first-order valence-corrected chi connectivity index (χ1v) is 4.28. The molecule has 0 aromatic carbocycles. The van der Waals surface area contributed by atoms with E-state index in [0.29, 0.717) is 4.48 Å². The lowest BCUT2D eigenvalue weighted by Gasteiger charge is -2.19. The third kappa shape index (κ3) is 3.54. The minimum atomic E-state index is -0.591. The van der Waals surface area contributed by atoms with Gasteiger partial charge in [-0.3, -0.25) is 0 Å². The summed E-state index contributed by atoms with van der Waals surface area (Å²) in [7, 11) is 0. The van der Waals surface area contributed by atoms with Crippen molar-refractivity contribution in [3.63, 3.8) is 0 Å². The molecule has 0 atom stereocenters. The van der Waals surface area contributed by atoms with Crippen molar-refractivity contribution in [2.75, 3.05) is 0 Å². The van der Waals surface area contributed by atoms with Gasteiger partial charge in [0.1, 0.15) is 5.54 Å². The Hall–Kier alpha value is -0.820. The third-order valence-electron chi connectivity index (χ3n) is 1.26. The highest BCUT2D eigenvalue weighted by molar-refractivity contribution is 9.12. The average molecular weight is 230 g/mol. The van der Waals surface area contributed by atoms with Gasteiger partial charge >= 0.3 is 0 Å². The first-order chi connectivity index (χ1) is 5.43. The maximum atomic E-state index is 8.69. The quantitative estimate of drug-likeness (QED) is 0.729. The van der Waals surface area contributed by atoms with E-state index in [0.717, 1.165) is 5.70 Å². The average Bonchev–Trinajstić information content (AvgIpc) is 2.02. The van der Waals surface area contributed by atoms with Crippen molar-refractivity contribution in [1.29, 1.82) is 10.7 Å². The lowest BCUT2D eigenvalue weighted by Crippen LogP contribution is -2.36. The van der Waals surface area contributed by atoms with Crippen molar-refractivity contribution in [2.24, 2.45) is 0 Å². The standard InChI is InChI=1S/C8H12BrN3/c1-6(7(9)4-10)12-8(2,3)5-11/h4,10,12H,1-3H3/b7-6+,10-4?. The highest BCUT2D eigenvalue weighted by Gasteiger charge is 2.15. The van der Waals surface area contributed by atoms with E-state index in [4.69, 9.17) is 10.7 Å². The molecule has 3 nitrogen and oxygen atoms in total. The van der Waals surface area contributed by atoms with Crippen LogP contribution in [0, 0.1) is 16.7 Å². The summed E-state index contributed by atoms with van der Waals surface area (Å²) >= 11 is 3.19. The van der Waals surface area contributed by atoms with Gasteiger partial charge in [0, 0.05) is 11.9 Å². The number of nitriles is 1. The summed E-state index contributed by atoms with van der Waals surface area (Å²) in [6, 6.07) is 2.11. The first-order valence-electron chi connectivity index (χ1n) is 3.49. The van der Waals surface area contributed by atoms with E-state index in [9.17, 15) is 0 Å². The van der Waals surface area contributed by atoms with Crippen LogP contribution < -0.4 is 5.32 Å². The van der Waals surface area contributed by atoms with Crippen molar-refractivity contribution in [2.45, 2.75) is 26.3 Å². The number of allylic oxidation sites excluding steroid dienone is 2. The van der Waals surface area contributed by atoms with Crippen LogP contribution in [0.3, 0.4) is 0 Å². The maximum absolute atomic E-state index is 8.69. The van der Waals surface area contributed by atoms with Crippen LogP contribution in [-0.4, -0.2) is 11.8 Å². The van der Waals surface area contributed by atoms with Crippen LogP contribution in [-0.2, 0) is 0 Å². The van der Waals surface area contributed by atoms with E-state index in [1.54, 1.807) is 13.8 Å². The van der Waals surface area contributed by atoms with Crippen LogP contribution in [0.5, 0.6) is 0 Å². The largest absolute Gasteiger partial charge is 0.370 e. The van der Waals surface area contributed by atoms with Crippen LogP contribution in [0.2, 0.25) is 0 Å². The van der Waals surface area contributed by atoms with Gasteiger partial charge < -0.3 is 10.7 Å². The van der Waals surface area contributed by atoms with Gasteiger partial charge in [-0.05, 0) is 36.7 Å². The van der Waals surface area contributed by atoms with Crippen molar-refractivity contribution in [3.8, 4) is 6.07 Å². The molecule has 0 aromatic rings. The van der Waals surface area contributed by atoms with Crippen molar-refractivity contribution in [3.05, 3.63) is 10.2 Å². The zero-order chi connectivity index (χ0) is 9.78. The maximum Gasteiger partial charge on any atom is 0.119 e. The molecule has 0 radical (unpaired) electrons. The second-order valence-corrected chi connectivity index (χ2v) is 3.83. The molecule has 0 saturated carbocycles. The monoisotopic (exact) mass is 229 g/mol. The predicted molar refractivity (Wildman–Crippen MR) is 53.2 cm³/mol. The molecule has 12 heavy (non-hydrogen) atoms. The molecule has 0 saturated heterocycles. The molecule has 0 amide bonds. The Kier molecular flexibility index (Phi) is 3.98. The molecule has 0 heterocycles. The predicted octanol–water partition coefficient (Wildman–Crippen LogP) is 2.15. The summed E-state index contributed by atoms with van der Waals surface area (Å²) in [6.45, 7) is 5.37. The van der Waals surface area contributed by atoms with Gasteiger partial charge in [-0.25, -0.2) is 0 Å². The number of hydrogen-bond acceptors (Lipinski definition) is 3. The fourth-order valence-electron chi connectivity index (χ4n) is 0.665. The SMILES string of the molecule is C/C(NC(C)(C)C#N)=C(\Br)C=N. The molecule has 0 bridgehead atoms. The Labute approximate surface area is 81.1 Å². The Balaban J connectivity index is 4.50. The highest BCUT2D eigenvalue weighted by atomic mass is 79.9. The van der Waals surface area contributed by atoms with Gasteiger partial charge in [0.15, 0.2) is 0 Å². The first kappa shape index (κ1) is 11.2. The second-order valence-electron chi connectivity index (χ2n) is 2.98. The zero-order valence-electron chi connectivity index (χ0n) is 7.40. The zero-order valence-corrected chi connectivity index (χ0v) is 8.99. The molecular formula is C8H12BrN3. The van der Waals surface area contributed by atoms with E-state index >= 15 is 0 Å². The summed E-state index contributed by atoms with van der Waals surface area (Å²) in [5.41, 5.74) is 0.197. The molecule has 0 aliphatic carbocycles. The van der Waals surface area contributed by atoms with Crippen molar-refractivity contribution < 1.29 is 0 Å². The van der Waals surface area contributed by atoms with Gasteiger partial charge in [0.05, 0.1) is 10.6 Å². The summed E-state index contributed by atoms with van der Waals surface area (Å²) in [5.74, 6) is 0. The number of nitrogens with zero attached hydrogens (tertiary/aromatic N) is 1. The Morgan fingerprint density at radius 3 is 2.50 bits per heavy atom. The fourth-order valence-corrected chi connectivity index (χ4v) is 0.764. The number of rotatable bonds is 3. The fraction of sp³-hybridized carbons (Fsp3) is 0.500. The van der Waals surface area contributed by atoms with Crippen LogP contribution in [0.15, 0.2) is 10.2 Å². The molecule has 66 valence electrons. The molecule has 0 aliphatic rings. The van der Waals surface area contributed by atoms with Crippen LogP contribution in [0.1, 0.15) is 20.8 Å². The summed E-state index contributed by atoms with van der Waals surface area (Å²) in [4.78, 5) is 0. The van der Waals surface area contributed by atoms with Gasteiger partial charge in [-0.2, -0.15) is 5.26 Å². The molecule has 0 aromatic heterocycles. The number of halogens is 1. The van der Waals surface area contributed by atoms with E-state index in [1.165, 1.54) is 6.21 Å². The molecule has 2 N–H and O–H groups in total. The minimum absolute atomic E-state index is 0.591. The Morgan fingerprint density at radius 2 is 2.17 bits per heavy atom. The number of hydrogen-bond donors (Lipinski definition) is 2. The van der Waals surface area contributed by atoms with Gasteiger partial charge in [-0.15, -0.1) is 0 Å². The van der Waals surface area contributed by atoms with Crippen LogP contribution in [0.4, 0.5) is 0 Å². The minimum Gasteiger partial charge on any atom is -0.370 e. The molecule has 4 heteroatoms. The van der Waals surface area contributed by atoms with E-state index in [-0.39, 0.29) is 0 Å². The van der Waals surface area contributed by atoms with Crippen molar-refractivity contribution in [1.82, 2.24) is 5.32 Å². The molecule has 0 aliphatic heterocycles. The molecule has 0 spiro atoms. The van der Waals surface area contributed by atoms with E-state index in [2.05, 4.69) is 27.3 Å². The van der Waals surface area contributed by atoms with Crippen LogP contribution >= 0.6 is 15.9 Å². The Bertz CT molecular complexity index is 248. The van der Waals surface area contributed by atoms with Gasteiger partial charge in [0.25, 0.3) is 0 Å². The van der Waals surface area contributed by atoms with E-state index < -0.39 is 5.54 Å². The van der Waals surface area contributed by atoms with Gasteiger partial charge in [-0.1, -0.05) is 0 Å². The number of nitrogens with one attached hydrogen (secondary N) is 2. The van der Waals surface area contributed by atoms with Gasteiger partial charge in [0.2, 0.25) is 0 Å². The summed E-state index contributed by atoms with van der Waals surface area (Å²) in [5, 5.41) is 18.6. The topological polar surface area (TPSA) is 59.7 Å². The molecule has 0 unspecified atom stereocenters. The second kappa shape index (κ2) is 4.27. The molecule has 0 rings (SSSR count).